The maximum absolute atomic E-state index is 13.1. The van der Waals surface area contributed by atoms with Gasteiger partial charge in [-0.25, -0.2) is 4.68 Å². The molecule has 6 nitrogen and oxygen atoms in total. The van der Waals surface area contributed by atoms with Gasteiger partial charge in [0.05, 0.1) is 30.1 Å². The molecule has 37 heavy (non-hydrogen) atoms. The van der Waals surface area contributed by atoms with Crippen molar-refractivity contribution in [1.29, 1.82) is 0 Å². The van der Waals surface area contributed by atoms with Crippen LogP contribution in [0, 0.1) is 17.8 Å². The van der Waals surface area contributed by atoms with Crippen LogP contribution in [0.15, 0.2) is 35.3 Å². The molecule has 3 aliphatic carbocycles. The number of anilines is 2. The normalized spacial score (nSPS) is 29.5. The third-order valence-electron chi connectivity index (χ3n) is 8.58. The van der Waals surface area contributed by atoms with Crippen LogP contribution >= 0.6 is 11.6 Å². The summed E-state index contributed by atoms with van der Waals surface area (Å²) in [6, 6.07) is 6.09. The van der Waals surface area contributed by atoms with Gasteiger partial charge in [-0.3, -0.25) is 4.79 Å². The zero-order valence-corrected chi connectivity index (χ0v) is 21.3. The summed E-state index contributed by atoms with van der Waals surface area (Å²) in [6.07, 6.45) is 3.89. The first-order chi connectivity index (χ1) is 17.8. The van der Waals surface area contributed by atoms with E-state index < -0.39 is 11.7 Å². The first-order valence-corrected chi connectivity index (χ1v) is 13.7. The van der Waals surface area contributed by atoms with Gasteiger partial charge < -0.3 is 15.0 Å². The van der Waals surface area contributed by atoms with Gasteiger partial charge in [-0.15, -0.1) is 0 Å². The Morgan fingerprint density at radius 1 is 1.05 bits per heavy atom. The van der Waals surface area contributed by atoms with E-state index in [1.165, 1.54) is 23.2 Å². The van der Waals surface area contributed by atoms with Crippen LogP contribution in [0.2, 0.25) is 5.02 Å². The first kappa shape index (κ1) is 25.0. The van der Waals surface area contributed by atoms with E-state index >= 15 is 0 Å². The summed E-state index contributed by atoms with van der Waals surface area (Å²) in [5.74, 6) is 1.83. The molecule has 0 unspecified atom stereocenters. The molecule has 0 radical (unpaired) electrons. The molecular formula is C27H32ClF3N4O2. The maximum atomic E-state index is 13.1. The lowest BCUT2D eigenvalue weighted by molar-refractivity contribution is -0.137. The number of nitrogens with one attached hydrogen (secondary N) is 1. The predicted octanol–water partition coefficient (Wildman–Crippen LogP) is 5.76. The van der Waals surface area contributed by atoms with Crippen molar-refractivity contribution in [2.24, 2.45) is 17.8 Å². The average molecular weight is 537 g/mol. The van der Waals surface area contributed by atoms with E-state index in [1.807, 2.05) is 0 Å². The molecule has 4 fully saturated rings. The Bertz CT molecular complexity index is 1180. The zero-order valence-electron chi connectivity index (χ0n) is 20.6. The second-order valence-corrected chi connectivity index (χ2v) is 11.5. The Morgan fingerprint density at radius 3 is 2.38 bits per heavy atom. The van der Waals surface area contributed by atoms with Crippen LogP contribution in [-0.2, 0) is 10.9 Å². The Balaban J connectivity index is 1.09. The number of hydrogen-bond donors (Lipinski definition) is 1. The minimum Gasteiger partial charge on any atom is -0.382 e. The summed E-state index contributed by atoms with van der Waals surface area (Å²) in [4.78, 5) is 15.4. The molecule has 10 heteroatoms. The van der Waals surface area contributed by atoms with Gasteiger partial charge in [-0.05, 0) is 81.0 Å². The quantitative estimate of drug-likeness (QED) is 0.487. The molecule has 3 saturated carbocycles. The Labute approximate surface area is 219 Å². The fourth-order valence-electron chi connectivity index (χ4n) is 6.29. The number of alkyl halides is 3. The topological polar surface area (TPSA) is 59.4 Å². The van der Waals surface area contributed by atoms with Gasteiger partial charge >= 0.3 is 6.18 Å². The van der Waals surface area contributed by atoms with Crippen molar-refractivity contribution in [2.45, 2.75) is 69.2 Å². The SMILES string of the molecule is O=c1c(Cl)c(NC[C@H]2COC[C@H]3C[C@@H]23)cnn1C1CCC(N(c2ccc(C(F)(F)F)cc2)C2CC2)CC1. The second-order valence-electron chi connectivity index (χ2n) is 11.1. The number of aromatic nitrogens is 2. The van der Waals surface area contributed by atoms with E-state index in [0.29, 0.717) is 29.5 Å². The lowest BCUT2D eigenvalue weighted by Gasteiger charge is -2.39. The fraction of sp³-hybridized carbons (Fsp3) is 0.630. The average Bonchev–Trinajstić information content (AvgIpc) is 3.81. The zero-order chi connectivity index (χ0) is 25.7. The largest absolute Gasteiger partial charge is 0.416 e. The molecule has 0 spiro atoms. The highest BCUT2D eigenvalue weighted by Gasteiger charge is 2.46. The summed E-state index contributed by atoms with van der Waals surface area (Å²) < 4.78 is 46.2. The smallest absolute Gasteiger partial charge is 0.382 e. The number of halogens is 4. The van der Waals surface area contributed by atoms with Gasteiger partial charge in [0.2, 0.25) is 0 Å². The van der Waals surface area contributed by atoms with Crippen LogP contribution in [-0.4, -0.2) is 41.6 Å². The molecule has 1 saturated heterocycles. The van der Waals surface area contributed by atoms with Crippen molar-refractivity contribution in [3.05, 3.63) is 51.4 Å². The third-order valence-corrected chi connectivity index (χ3v) is 8.95. The van der Waals surface area contributed by atoms with Crippen LogP contribution in [0.25, 0.3) is 0 Å². The minimum atomic E-state index is -4.34. The van der Waals surface area contributed by atoms with Crippen LogP contribution in [0.1, 0.15) is 56.6 Å². The lowest BCUT2D eigenvalue weighted by Crippen LogP contribution is -2.41. The molecule has 6 rings (SSSR count). The number of rotatable bonds is 7. The number of nitrogens with zero attached hydrogens (tertiary/aromatic N) is 3. The maximum Gasteiger partial charge on any atom is 0.416 e. The number of fused-ring (bicyclic) bond motifs is 1. The lowest BCUT2D eigenvalue weighted by atomic mass is 9.89. The van der Waals surface area contributed by atoms with E-state index in [4.69, 9.17) is 16.3 Å². The van der Waals surface area contributed by atoms with E-state index in [9.17, 15) is 18.0 Å². The molecule has 3 atom stereocenters. The van der Waals surface area contributed by atoms with Crippen molar-refractivity contribution < 1.29 is 17.9 Å². The number of hydrogen-bond acceptors (Lipinski definition) is 5. The molecule has 1 aromatic carbocycles. The molecule has 1 aromatic heterocycles. The van der Waals surface area contributed by atoms with Crippen LogP contribution in [0.4, 0.5) is 24.5 Å². The van der Waals surface area contributed by atoms with Gasteiger partial charge in [-0.2, -0.15) is 18.3 Å². The van der Waals surface area contributed by atoms with Crippen molar-refractivity contribution >= 4 is 23.0 Å². The van der Waals surface area contributed by atoms with Crippen LogP contribution in [0.3, 0.4) is 0 Å². The fourth-order valence-corrected chi connectivity index (χ4v) is 6.49. The van der Waals surface area contributed by atoms with Crippen molar-refractivity contribution in [1.82, 2.24) is 9.78 Å². The highest BCUT2D eigenvalue weighted by atomic mass is 35.5. The van der Waals surface area contributed by atoms with Gasteiger partial charge in [-0.1, -0.05) is 11.6 Å². The second kappa shape index (κ2) is 9.80. The van der Waals surface area contributed by atoms with Gasteiger partial charge in [0.25, 0.3) is 5.56 Å². The molecule has 0 bridgehead atoms. The molecule has 200 valence electrons. The van der Waals surface area contributed by atoms with E-state index in [0.717, 1.165) is 64.0 Å². The van der Waals surface area contributed by atoms with Crippen molar-refractivity contribution in [3.63, 3.8) is 0 Å². The molecule has 4 aliphatic rings. The highest BCUT2D eigenvalue weighted by Crippen LogP contribution is 2.47. The molecular weight excluding hydrogens is 505 g/mol. The van der Waals surface area contributed by atoms with Gasteiger partial charge in [0.1, 0.15) is 5.02 Å². The first-order valence-electron chi connectivity index (χ1n) is 13.3. The molecule has 2 heterocycles. The standard InChI is InChI=1S/C27H32ClF3N4O2/c28-25-24(32-12-17-15-37-14-16-11-23(16)17)13-33-35(26(25)36)22-9-7-21(8-10-22)34(20-5-6-20)19-3-1-18(2-4-19)27(29,30)31/h1-4,13,16-17,20-23,32H,5-12,14-15H2/t16-,17+,21?,22?,23-/m1/s1. The van der Waals surface area contributed by atoms with Crippen LogP contribution < -0.4 is 15.8 Å². The summed E-state index contributed by atoms with van der Waals surface area (Å²) in [5, 5.41) is 7.96. The Hall–Kier alpha value is -2.26. The molecule has 0 amide bonds. The van der Waals surface area contributed by atoms with E-state index in [2.05, 4.69) is 15.3 Å². The molecule has 2 aromatic rings. The Morgan fingerprint density at radius 2 is 1.73 bits per heavy atom. The summed E-state index contributed by atoms with van der Waals surface area (Å²) in [6.45, 7) is 2.33. The van der Waals surface area contributed by atoms with E-state index in [1.54, 1.807) is 18.3 Å². The molecule has 1 aliphatic heterocycles. The van der Waals surface area contributed by atoms with E-state index in [-0.39, 0.29) is 22.7 Å². The monoisotopic (exact) mass is 536 g/mol. The summed E-state index contributed by atoms with van der Waals surface area (Å²) in [7, 11) is 0. The predicted molar refractivity (Wildman–Crippen MR) is 136 cm³/mol. The highest BCUT2D eigenvalue weighted by molar-refractivity contribution is 6.32. The third kappa shape index (κ3) is 5.21. The summed E-state index contributed by atoms with van der Waals surface area (Å²) in [5.41, 5.74) is 0.510. The van der Waals surface area contributed by atoms with Gasteiger partial charge in [0.15, 0.2) is 0 Å². The minimum absolute atomic E-state index is 0.0390. The number of benzene rings is 1. The van der Waals surface area contributed by atoms with Crippen molar-refractivity contribution in [2.75, 3.05) is 30.0 Å². The van der Waals surface area contributed by atoms with Gasteiger partial charge in [0, 0.05) is 36.8 Å². The summed E-state index contributed by atoms with van der Waals surface area (Å²) >= 11 is 6.48. The molecule has 1 N–H and O–H groups in total. The van der Waals surface area contributed by atoms with Crippen molar-refractivity contribution in [3.8, 4) is 0 Å². The van der Waals surface area contributed by atoms with Crippen LogP contribution in [0.5, 0.6) is 0 Å². The Kier molecular flexibility index (Phi) is 6.63. The number of ether oxygens (including phenoxy) is 1.